The van der Waals surface area contributed by atoms with E-state index >= 15 is 0 Å². The second-order valence-corrected chi connectivity index (χ2v) is 8.95. The zero-order chi connectivity index (χ0) is 22.5. The Balaban J connectivity index is 1.98. The summed E-state index contributed by atoms with van der Waals surface area (Å²) in [5, 5.41) is 3.23. The van der Waals surface area contributed by atoms with Crippen molar-refractivity contribution in [3.63, 3.8) is 0 Å². The van der Waals surface area contributed by atoms with Crippen molar-refractivity contribution < 1.29 is 4.79 Å². The maximum atomic E-state index is 12.9. The number of nitrogens with one attached hydrogen (secondary N) is 1. The van der Waals surface area contributed by atoms with Crippen molar-refractivity contribution in [3.05, 3.63) is 84.4 Å². The predicted octanol–water partition coefficient (Wildman–Crippen LogP) is 8.37. The van der Waals surface area contributed by atoms with Crippen LogP contribution < -0.4 is 5.32 Å². The maximum Gasteiger partial charge on any atom is 0.251 e. The minimum absolute atomic E-state index is 0.0187. The molecule has 174 valence electrons. The van der Waals surface area contributed by atoms with Crippen LogP contribution in [0.1, 0.15) is 93.8 Å². The molecule has 1 fully saturated rings. The number of rotatable bonds is 3. The molecule has 2 rings (SSSR count). The summed E-state index contributed by atoms with van der Waals surface area (Å²) in [6, 6.07) is 25.4. The van der Waals surface area contributed by atoms with Crippen LogP contribution in [0.3, 0.4) is 0 Å². The van der Waals surface area contributed by atoms with Gasteiger partial charge in [0.05, 0.1) is 0 Å². The third kappa shape index (κ3) is 13.1. The van der Waals surface area contributed by atoms with Gasteiger partial charge in [0.1, 0.15) is 0 Å². The maximum absolute atomic E-state index is 12.9. The van der Waals surface area contributed by atoms with Gasteiger partial charge >= 0.3 is 0 Å². The molecule has 0 bridgehead atoms. The van der Waals surface area contributed by atoms with Gasteiger partial charge in [0, 0.05) is 12.1 Å². The summed E-state index contributed by atoms with van der Waals surface area (Å²) in [6.07, 6.45) is 17.5. The molecule has 0 radical (unpaired) electrons. The first-order valence-corrected chi connectivity index (χ1v) is 12.9. The van der Waals surface area contributed by atoms with Gasteiger partial charge in [-0.2, -0.15) is 0 Å². The van der Waals surface area contributed by atoms with Gasteiger partial charge in [-0.25, -0.2) is 0 Å². The molecular formula is C30H43NO. The molecule has 1 aliphatic rings. The highest BCUT2D eigenvalue weighted by Gasteiger charge is 2.11. The number of amides is 1. The van der Waals surface area contributed by atoms with Crippen LogP contribution in [0, 0.1) is 5.92 Å². The minimum atomic E-state index is 0.0187. The standard InChI is InChI=1S/C30H43NO/c32-30(29-25-21-17-13-9-5-2-6-10-14-18-22-26-29)31-27-28-23-19-15-11-7-3-1-4-8-12-16-20-24-28/h2,5-6,9-10,13-14,17-18,21-22,25-26,28H,1,3-4,7-8,11-12,15-16,19-20,23-24,27H2,(H,31,32). The fraction of sp³-hybridized carbons (Fsp3) is 0.500. The van der Waals surface area contributed by atoms with E-state index in [4.69, 9.17) is 0 Å². The third-order valence-electron chi connectivity index (χ3n) is 6.20. The minimum Gasteiger partial charge on any atom is -0.352 e. The number of carbonyl (C=O) groups is 1. The average Bonchev–Trinajstić information content (AvgIpc) is 2.80. The molecule has 2 heteroatoms. The molecular weight excluding hydrogens is 390 g/mol. The molecule has 0 heterocycles. The molecule has 0 unspecified atom stereocenters. The second kappa shape index (κ2) is 18.2. The Hall–Kier alpha value is -2.35. The highest BCUT2D eigenvalue weighted by atomic mass is 16.1. The van der Waals surface area contributed by atoms with Crippen molar-refractivity contribution in [2.45, 2.75) is 83.5 Å². The van der Waals surface area contributed by atoms with Crippen molar-refractivity contribution in [2.24, 2.45) is 5.92 Å². The van der Waals surface area contributed by atoms with E-state index in [2.05, 4.69) is 5.32 Å². The first-order valence-electron chi connectivity index (χ1n) is 12.9. The first-order chi connectivity index (χ1) is 15.9. The normalized spacial score (nSPS) is 16.5. The zero-order valence-electron chi connectivity index (χ0n) is 19.9. The number of carbonyl (C=O) groups excluding carboxylic acids is 1. The van der Waals surface area contributed by atoms with Crippen molar-refractivity contribution in [1.29, 1.82) is 0 Å². The largest absolute Gasteiger partial charge is 0.352 e. The van der Waals surface area contributed by atoms with Crippen LogP contribution in [0.2, 0.25) is 0 Å². The predicted molar refractivity (Wildman–Crippen MR) is 138 cm³/mol. The van der Waals surface area contributed by atoms with Gasteiger partial charge in [0.2, 0.25) is 0 Å². The van der Waals surface area contributed by atoms with E-state index < -0.39 is 0 Å². The summed E-state index contributed by atoms with van der Waals surface area (Å²) in [5.41, 5.74) is 0.691. The molecule has 2 nitrogen and oxygen atoms in total. The highest BCUT2D eigenvalue weighted by Crippen LogP contribution is 2.20. The Morgan fingerprint density at radius 1 is 0.562 bits per heavy atom. The molecule has 0 atom stereocenters. The van der Waals surface area contributed by atoms with E-state index in [0.29, 0.717) is 11.5 Å². The molecule has 32 heavy (non-hydrogen) atoms. The fourth-order valence-corrected chi connectivity index (χ4v) is 4.25. The van der Waals surface area contributed by atoms with E-state index in [1.807, 2.05) is 78.9 Å². The van der Waals surface area contributed by atoms with Crippen LogP contribution in [-0.2, 0) is 0 Å². The number of hydrogen-bond acceptors (Lipinski definition) is 1. The van der Waals surface area contributed by atoms with Crippen molar-refractivity contribution in [1.82, 2.24) is 5.32 Å². The van der Waals surface area contributed by atoms with Gasteiger partial charge in [-0.15, -0.1) is 0 Å². The van der Waals surface area contributed by atoms with Crippen molar-refractivity contribution in [2.75, 3.05) is 6.54 Å². The molecule has 1 saturated carbocycles. The molecule has 1 amide bonds. The summed E-state index contributed by atoms with van der Waals surface area (Å²) < 4.78 is 0. The first kappa shape index (κ1) is 25.9. The lowest BCUT2D eigenvalue weighted by atomic mass is 9.93. The van der Waals surface area contributed by atoms with E-state index in [9.17, 15) is 4.79 Å². The molecule has 0 aromatic heterocycles. The Labute approximate surface area is 196 Å². The smallest absolute Gasteiger partial charge is 0.251 e. The SMILES string of the molecule is O=C(NCC1CCCCCCCCCCCCC1)c1ccccccccccccc1. The summed E-state index contributed by atoms with van der Waals surface area (Å²) in [6.45, 7) is 0.789. The van der Waals surface area contributed by atoms with Gasteiger partial charge in [-0.1, -0.05) is 137 Å². The van der Waals surface area contributed by atoms with Gasteiger partial charge in [0.25, 0.3) is 5.91 Å². The molecule has 0 aliphatic heterocycles. The average molecular weight is 434 g/mol. The summed E-state index contributed by atoms with van der Waals surface area (Å²) >= 11 is 0. The highest BCUT2D eigenvalue weighted by molar-refractivity contribution is 5.93. The summed E-state index contributed by atoms with van der Waals surface area (Å²) in [5.74, 6) is 0.616. The van der Waals surface area contributed by atoms with Gasteiger partial charge in [-0.05, 0) is 30.9 Å². The Morgan fingerprint density at radius 3 is 1.31 bits per heavy atom. The van der Waals surface area contributed by atoms with Crippen LogP contribution in [-0.4, -0.2) is 12.5 Å². The Morgan fingerprint density at radius 2 is 0.906 bits per heavy atom. The van der Waals surface area contributed by atoms with E-state index in [1.54, 1.807) is 0 Å². The second-order valence-electron chi connectivity index (χ2n) is 8.95. The van der Waals surface area contributed by atoms with E-state index in [0.717, 1.165) is 6.54 Å². The third-order valence-corrected chi connectivity index (χ3v) is 6.20. The van der Waals surface area contributed by atoms with Gasteiger partial charge in [0.15, 0.2) is 0 Å². The van der Waals surface area contributed by atoms with Crippen molar-refractivity contribution in [3.8, 4) is 0 Å². The Kier molecular flexibility index (Phi) is 14.8. The lowest BCUT2D eigenvalue weighted by molar-refractivity contribution is 0.0945. The molecule has 1 aromatic carbocycles. The topological polar surface area (TPSA) is 29.1 Å². The molecule has 0 saturated heterocycles. The van der Waals surface area contributed by atoms with Crippen LogP contribution in [0.15, 0.2) is 78.9 Å². The van der Waals surface area contributed by atoms with E-state index in [1.165, 1.54) is 83.5 Å². The fourth-order valence-electron chi connectivity index (χ4n) is 4.25. The molecule has 1 aromatic rings. The van der Waals surface area contributed by atoms with Gasteiger partial charge in [-0.3, -0.25) is 4.79 Å². The Bertz CT molecular complexity index is 693. The summed E-state index contributed by atoms with van der Waals surface area (Å²) in [7, 11) is 0. The molecule has 1 aliphatic carbocycles. The van der Waals surface area contributed by atoms with E-state index in [-0.39, 0.29) is 5.91 Å². The van der Waals surface area contributed by atoms with Crippen molar-refractivity contribution >= 4 is 5.91 Å². The quantitative estimate of drug-likeness (QED) is 0.509. The lowest BCUT2D eigenvalue weighted by Crippen LogP contribution is -2.29. The zero-order valence-corrected chi connectivity index (χ0v) is 19.9. The van der Waals surface area contributed by atoms with Gasteiger partial charge < -0.3 is 5.32 Å². The van der Waals surface area contributed by atoms with Crippen LogP contribution in [0.4, 0.5) is 0 Å². The van der Waals surface area contributed by atoms with Crippen LogP contribution in [0.5, 0.6) is 0 Å². The van der Waals surface area contributed by atoms with Crippen LogP contribution >= 0.6 is 0 Å². The number of hydrogen-bond donors (Lipinski definition) is 1. The summed E-state index contributed by atoms with van der Waals surface area (Å²) in [4.78, 5) is 12.9. The molecule has 1 N–H and O–H groups in total. The monoisotopic (exact) mass is 433 g/mol. The lowest BCUT2D eigenvalue weighted by Gasteiger charge is -2.18. The van der Waals surface area contributed by atoms with Crippen LogP contribution in [0.25, 0.3) is 0 Å². The molecule has 0 spiro atoms.